The Morgan fingerprint density at radius 2 is 2.12 bits per heavy atom. The Kier molecular flexibility index (Phi) is 5.79. The Morgan fingerprint density at radius 1 is 1.47 bits per heavy atom. The molecule has 0 aliphatic rings. The predicted octanol–water partition coefficient (Wildman–Crippen LogP) is 1.35. The van der Waals surface area contributed by atoms with Crippen LogP contribution in [0.3, 0.4) is 0 Å². The van der Waals surface area contributed by atoms with E-state index in [9.17, 15) is 9.18 Å². The summed E-state index contributed by atoms with van der Waals surface area (Å²) in [6.45, 7) is 0.433. The summed E-state index contributed by atoms with van der Waals surface area (Å²) in [5, 5.41) is 8.54. The molecule has 0 fully saturated rings. The van der Waals surface area contributed by atoms with Crippen LogP contribution in [0.5, 0.6) is 5.75 Å². The van der Waals surface area contributed by atoms with Crippen LogP contribution in [0.15, 0.2) is 24.3 Å². The Labute approximate surface area is 103 Å². The van der Waals surface area contributed by atoms with E-state index in [-0.39, 0.29) is 5.82 Å². The molecule has 0 saturated carbocycles. The molecule has 1 aromatic rings. The van der Waals surface area contributed by atoms with Crippen molar-refractivity contribution in [2.45, 2.75) is 6.04 Å². The van der Waals surface area contributed by atoms with Crippen molar-refractivity contribution in [3.63, 3.8) is 0 Å². The maximum atomic E-state index is 12.6. The van der Waals surface area contributed by atoms with Crippen LogP contribution in [0, 0.1) is 5.82 Å². The molecule has 94 valence electrons. The molecule has 3 N–H and O–H groups in total. The van der Waals surface area contributed by atoms with E-state index < -0.39 is 12.0 Å². The lowest BCUT2D eigenvalue weighted by atomic mass is 10.3. The summed E-state index contributed by atoms with van der Waals surface area (Å²) < 4.78 is 17.9. The number of benzene rings is 1. The molecule has 0 saturated heterocycles. The van der Waals surface area contributed by atoms with Gasteiger partial charge in [0.05, 0.1) is 6.61 Å². The van der Waals surface area contributed by atoms with Crippen LogP contribution in [0.2, 0.25) is 0 Å². The van der Waals surface area contributed by atoms with E-state index >= 15 is 0 Å². The largest absolute Gasteiger partial charge is 0.493 e. The lowest BCUT2D eigenvalue weighted by Crippen LogP contribution is -2.32. The van der Waals surface area contributed by atoms with Gasteiger partial charge in [0, 0.05) is 11.5 Å². The summed E-state index contributed by atoms with van der Waals surface area (Å²) in [5.41, 5.74) is 5.32. The van der Waals surface area contributed by atoms with Gasteiger partial charge in [-0.15, -0.1) is 0 Å². The maximum absolute atomic E-state index is 12.6. The van der Waals surface area contributed by atoms with Crippen LogP contribution in [-0.4, -0.2) is 35.2 Å². The van der Waals surface area contributed by atoms with E-state index in [1.54, 1.807) is 12.1 Å². The van der Waals surface area contributed by atoms with E-state index in [1.807, 2.05) is 0 Å². The van der Waals surface area contributed by atoms with E-state index in [0.717, 1.165) is 0 Å². The fraction of sp³-hybridized carbons (Fsp3) is 0.364. The van der Waals surface area contributed by atoms with Crippen LogP contribution in [-0.2, 0) is 4.79 Å². The molecule has 0 aliphatic carbocycles. The van der Waals surface area contributed by atoms with Gasteiger partial charge in [0.25, 0.3) is 0 Å². The molecule has 0 spiro atoms. The molecule has 1 atom stereocenters. The first kappa shape index (κ1) is 13.8. The molecule has 1 aromatic carbocycles. The number of carboxylic acid groups (broad SMARTS) is 1. The van der Waals surface area contributed by atoms with E-state index in [2.05, 4.69) is 0 Å². The van der Waals surface area contributed by atoms with E-state index in [4.69, 9.17) is 15.6 Å². The van der Waals surface area contributed by atoms with Crippen molar-refractivity contribution in [3.8, 4) is 5.75 Å². The standard InChI is InChI=1S/C11H14FNO3S/c12-8-1-3-9(4-2-8)16-5-6-17-7-10(13)11(14)15/h1-4,10H,5-7,13H2,(H,14,15)/t10-/m0/s1. The molecule has 0 unspecified atom stereocenters. The number of carboxylic acids is 1. The van der Waals surface area contributed by atoms with Crippen molar-refractivity contribution in [1.29, 1.82) is 0 Å². The van der Waals surface area contributed by atoms with Crippen LogP contribution >= 0.6 is 11.8 Å². The number of carbonyl (C=O) groups is 1. The average molecular weight is 259 g/mol. The highest BCUT2D eigenvalue weighted by Gasteiger charge is 2.10. The second-order valence-electron chi connectivity index (χ2n) is 3.32. The van der Waals surface area contributed by atoms with E-state index in [0.29, 0.717) is 23.9 Å². The van der Waals surface area contributed by atoms with Crippen LogP contribution in [0.1, 0.15) is 0 Å². The third kappa shape index (κ3) is 5.55. The molecule has 0 aromatic heterocycles. The zero-order valence-corrected chi connectivity index (χ0v) is 9.95. The molecule has 4 nitrogen and oxygen atoms in total. The first-order chi connectivity index (χ1) is 8.09. The fourth-order valence-corrected chi connectivity index (χ4v) is 1.80. The maximum Gasteiger partial charge on any atom is 0.321 e. The molecule has 0 radical (unpaired) electrons. The number of hydrogen-bond acceptors (Lipinski definition) is 4. The van der Waals surface area contributed by atoms with Crippen LogP contribution < -0.4 is 10.5 Å². The van der Waals surface area contributed by atoms with Gasteiger partial charge in [0.1, 0.15) is 17.6 Å². The monoisotopic (exact) mass is 259 g/mol. The number of hydrogen-bond donors (Lipinski definition) is 2. The summed E-state index contributed by atoms with van der Waals surface area (Å²) in [4.78, 5) is 10.4. The third-order valence-electron chi connectivity index (χ3n) is 1.92. The zero-order chi connectivity index (χ0) is 12.7. The van der Waals surface area contributed by atoms with Crippen LogP contribution in [0.25, 0.3) is 0 Å². The van der Waals surface area contributed by atoms with E-state index in [1.165, 1.54) is 23.9 Å². The van der Waals surface area contributed by atoms with Gasteiger partial charge in [-0.05, 0) is 24.3 Å². The molecule has 0 aliphatic heterocycles. The van der Waals surface area contributed by atoms with Crippen molar-refractivity contribution in [3.05, 3.63) is 30.1 Å². The smallest absolute Gasteiger partial charge is 0.321 e. The van der Waals surface area contributed by atoms with Crippen molar-refractivity contribution < 1.29 is 19.0 Å². The second-order valence-corrected chi connectivity index (χ2v) is 4.47. The Balaban J connectivity index is 2.12. The number of thioether (sulfide) groups is 1. The van der Waals surface area contributed by atoms with Crippen LogP contribution in [0.4, 0.5) is 4.39 Å². The average Bonchev–Trinajstić information content (AvgIpc) is 2.30. The SMILES string of the molecule is N[C@@H](CSCCOc1ccc(F)cc1)C(=O)O. The van der Waals surface area contributed by atoms with Gasteiger partial charge < -0.3 is 15.6 Å². The van der Waals surface area contributed by atoms with Crippen molar-refractivity contribution in [1.82, 2.24) is 0 Å². The minimum Gasteiger partial charge on any atom is -0.493 e. The van der Waals surface area contributed by atoms with Gasteiger partial charge in [-0.1, -0.05) is 0 Å². The Morgan fingerprint density at radius 3 is 2.71 bits per heavy atom. The lowest BCUT2D eigenvalue weighted by molar-refractivity contribution is -0.137. The van der Waals surface area contributed by atoms with Gasteiger partial charge in [0.2, 0.25) is 0 Å². The predicted molar refractivity (Wildman–Crippen MR) is 64.8 cm³/mol. The molecule has 0 amide bonds. The van der Waals surface area contributed by atoms with Crippen molar-refractivity contribution in [2.24, 2.45) is 5.73 Å². The highest BCUT2D eigenvalue weighted by Crippen LogP contribution is 2.11. The minimum absolute atomic E-state index is 0.306. The Bertz CT molecular complexity index is 358. The topological polar surface area (TPSA) is 72.5 Å². The number of ether oxygens (including phenoxy) is 1. The number of nitrogens with two attached hydrogens (primary N) is 1. The van der Waals surface area contributed by atoms with Gasteiger partial charge in [-0.3, -0.25) is 4.79 Å². The summed E-state index contributed by atoms with van der Waals surface area (Å²) >= 11 is 1.41. The molecule has 0 heterocycles. The van der Waals surface area contributed by atoms with Gasteiger partial charge in [-0.25, -0.2) is 4.39 Å². The lowest BCUT2D eigenvalue weighted by Gasteiger charge is -2.07. The quantitative estimate of drug-likeness (QED) is 0.723. The number of aliphatic carboxylic acids is 1. The third-order valence-corrected chi connectivity index (χ3v) is 2.97. The molecule has 0 bridgehead atoms. The van der Waals surface area contributed by atoms with Crippen molar-refractivity contribution in [2.75, 3.05) is 18.1 Å². The van der Waals surface area contributed by atoms with Gasteiger partial charge in [-0.2, -0.15) is 11.8 Å². The summed E-state index contributed by atoms with van der Waals surface area (Å²) in [7, 11) is 0. The van der Waals surface area contributed by atoms with Crippen molar-refractivity contribution >= 4 is 17.7 Å². The Hall–Kier alpha value is -1.27. The first-order valence-corrected chi connectivity index (χ1v) is 6.19. The number of halogens is 1. The first-order valence-electron chi connectivity index (χ1n) is 5.04. The summed E-state index contributed by atoms with van der Waals surface area (Å²) in [6.07, 6.45) is 0. The minimum atomic E-state index is -1.00. The molecular formula is C11H14FNO3S. The molecule has 17 heavy (non-hydrogen) atoms. The van der Waals surface area contributed by atoms with Gasteiger partial charge >= 0.3 is 5.97 Å². The molecule has 1 rings (SSSR count). The number of rotatable bonds is 7. The summed E-state index contributed by atoms with van der Waals surface area (Å²) in [6, 6.07) is 4.89. The summed E-state index contributed by atoms with van der Waals surface area (Å²) in [5.74, 6) is 0.270. The zero-order valence-electron chi connectivity index (χ0n) is 9.14. The highest BCUT2D eigenvalue weighted by molar-refractivity contribution is 7.99. The van der Waals surface area contributed by atoms with Gasteiger partial charge in [0.15, 0.2) is 0 Å². The second kappa shape index (κ2) is 7.13. The fourth-order valence-electron chi connectivity index (χ4n) is 1.03. The molecular weight excluding hydrogens is 245 g/mol. The highest BCUT2D eigenvalue weighted by atomic mass is 32.2. The molecule has 6 heteroatoms. The normalized spacial score (nSPS) is 12.1.